The Morgan fingerprint density at radius 3 is 2.36 bits per heavy atom. The second-order valence-electron chi connectivity index (χ2n) is 6.09. The summed E-state index contributed by atoms with van der Waals surface area (Å²) in [6.07, 6.45) is 4.83. The number of carbonyl (C=O) groups is 2. The molecule has 0 bridgehead atoms. The van der Waals surface area contributed by atoms with E-state index in [-0.39, 0.29) is 18.4 Å². The Balaban J connectivity index is 1.40. The van der Waals surface area contributed by atoms with Crippen LogP contribution in [-0.4, -0.2) is 54.4 Å². The van der Waals surface area contributed by atoms with E-state index < -0.39 is 0 Å². The van der Waals surface area contributed by atoms with Crippen molar-refractivity contribution >= 4 is 17.9 Å². The Bertz CT molecular complexity index is 818. The van der Waals surface area contributed by atoms with Gasteiger partial charge in [-0.1, -0.05) is 18.2 Å². The highest BCUT2D eigenvalue weighted by Gasteiger charge is 2.28. The Labute approximate surface area is 145 Å². The van der Waals surface area contributed by atoms with Crippen molar-refractivity contribution in [2.45, 2.75) is 0 Å². The fourth-order valence-corrected chi connectivity index (χ4v) is 3.12. The number of hydrogen-bond acceptors (Lipinski definition) is 4. The molecule has 2 aromatic rings. The van der Waals surface area contributed by atoms with Gasteiger partial charge in [-0.3, -0.25) is 9.59 Å². The Kier molecular flexibility index (Phi) is 4.01. The van der Waals surface area contributed by atoms with Crippen molar-refractivity contribution in [2.75, 3.05) is 32.8 Å². The van der Waals surface area contributed by atoms with E-state index in [1.165, 1.54) is 12.5 Å². The van der Waals surface area contributed by atoms with Gasteiger partial charge in [-0.05, 0) is 18.2 Å². The number of hydrogen-bond donors (Lipinski definition) is 0. The van der Waals surface area contributed by atoms with Gasteiger partial charge in [0, 0.05) is 31.7 Å². The third kappa shape index (κ3) is 3.03. The molecule has 2 amide bonds. The minimum Gasteiger partial charge on any atom is -0.488 e. The van der Waals surface area contributed by atoms with Crippen LogP contribution in [0.25, 0.3) is 6.08 Å². The summed E-state index contributed by atoms with van der Waals surface area (Å²) in [6.45, 7) is 2.34. The fourth-order valence-electron chi connectivity index (χ4n) is 3.12. The highest BCUT2D eigenvalue weighted by molar-refractivity contribution is 5.99. The van der Waals surface area contributed by atoms with Crippen LogP contribution in [0.3, 0.4) is 0 Å². The molecular weight excluding hydrogens is 320 g/mol. The molecule has 1 fully saturated rings. The number of nitrogens with zero attached hydrogens (tertiary/aromatic N) is 2. The molecule has 1 saturated heterocycles. The lowest BCUT2D eigenvalue weighted by atomic mass is 10.1. The summed E-state index contributed by atoms with van der Waals surface area (Å²) in [6, 6.07) is 9.32. The largest absolute Gasteiger partial charge is 0.488 e. The molecule has 25 heavy (non-hydrogen) atoms. The van der Waals surface area contributed by atoms with Gasteiger partial charge in [0.15, 0.2) is 0 Å². The van der Waals surface area contributed by atoms with Crippen molar-refractivity contribution in [3.63, 3.8) is 0 Å². The van der Waals surface area contributed by atoms with Crippen molar-refractivity contribution in [1.82, 2.24) is 9.80 Å². The average Bonchev–Trinajstić information content (AvgIpc) is 3.21. The summed E-state index contributed by atoms with van der Waals surface area (Å²) >= 11 is 0. The molecule has 3 heterocycles. The van der Waals surface area contributed by atoms with Crippen molar-refractivity contribution in [3.8, 4) is 5.75 Å². The van der Waals surface area contributed by atoms with Gasteiger partial charge >= 0.3 is 0 Å². The van der Waals surface area contributed by atoms with Crippen molar-refractivity contribution < 1.29 is 18.7 Å². The van der Waals surface area contributed by atoms with Gasteiger partial charge in [0.1, 0.15) is 18.6 Å². The third-order valence-electron chi connectivity index (χ3n) is 4.53. The molecule has 0 aliphatic carbocycles. The van der Waals surface area contributed by atoms with Crippen LogP contribution in [0.1, 0.15) is 15.9 Å². The molecule has 6 heteroatoms. The van der Waals surface area contributed by atoms with Crippen LogP contribution in [0, 0.1) is 0 Å². The molecule has 0 saturated carbocycles. The van der Waals surface area contributed by atoms with Gasteiger partial charge in [0.2, 0.25) is 0 Å². The zero-order valence-corrected chi connectivity index (χ0v) is 13.7. The quantitative estimate of drug-likeness (QED) is 0.841. The lowest BCUT2D eigenvalue weighted by Gasteiger charge is -2.35. The van der Waals surface area contributed by atoms with Crippen LogP contribution >= 0.6 is 0 Å². The van der Waals surface area contributed by atoms with Crippen molar-refractivity contribution in [1.29, 1.82) is 0 Å². The number of amides is 2. The second-order valence-corrected chi connectivity index (χ2v) is 6.09. The minimum absolute atomic E-state index is 0.0232. The van der Waals surface area contributed by atoms with E-state index in [1.807, 2.05) is 30.3 Å². The van der Waals surface area contributed by atoms with Gasteiger partial charge in [0.05, 0.1) is 17.4 Å². The molecule has 0 atom stereocenters. The van der Waals surface area contributed by atoms with Crippen LogP contribution < -0.4 is 4.74 Å². The average molecular weight is 338 g/mol. The lowest BCUT2D eigenvalue weighted by Crippen LogP contribution is -2.51. The number of piperazine rings is 1. The molecule has 2 aliphatic rings. The zero-order chi connectivity index (χ0) is 17.2. The Hall–Kier alpha value is -3.02. The van der Waals surface area contributed by atoms with E-state index in [4.69, 9.17) is 9.15 Å². The van der Waals surface area contributed by atoms with Gasteiger partial charge in [-0.2, -0.15) is 0 Å². The maximum atomic E-state index is 12.7. The number of carbonyl (C=O) groups excluding carboxylic acids is 2. The van der Waals surface area contributed by atoms with Gasteiger partial charge in [0.25, 0.3) is 11.8 Å². The predicted molar refractivity (Wildman–Crippen MR) is 91.1 cm³/mol. The summed E-state index contributed by atoms with van der Waals surface area (Å²) < 4.78 is 10.6. The normalized spacial score (nSPS) is 16.7. The third-order valence-corrected chi connectivity index (χ3v) is 4.53. The molecule has 6 nitrogen and oxygen atoms in total. The monoisotopic (exact) mass is 338 g/mol. The maximum Gasteiger partial charge on any atom is 0.257 e. The second kappa shape index (κ2) is 6.47. The number of rotatable bonds is 2. The smallest absolute Gasteiger partial charge is 0.257 e. The minimum atomic E-state index is -0.0602. The number of benzene rings is 1. The first-order chi connectivity index (χ1) is 12.2. The summed E-state index contributed by atoms with van der Waals surface area (Å²) in [5, 5.41) is 0. The zero-order valence-electron chi connectivity index (χ0n) is 13.7. The van der Waals surface area contributed by atoms with E-state index in [0.717, 1.165) is 11.3 Å². The molecule has 2 aliphatic heterocycles. The van der Waals surface area contributed by atoms with Crippen LogP contribution in [0.15, 0.2) is 52.8 Å². The Morgan fingerprint density at radius 2 is 1.64 bits per heavy atom. The highest BCUT2D eigenvalue weighted by Crippen LogP contribution is 2.26. The summed E-state index contributed by atoms with van der Waals surface area (Å²) in [5.74, 6) is 0.717. The first-order valence-electron chi connectivity index (χ1n) is 8.25. The van der Waals surface area contributed by atoms with Crippen LogP contribution in [-0.2, 0) is 4.79 Å². The van der Waals surface area contributed by atoms with E-state index in [9.17, 15) is 9.59 Å². The first kappa shape index (κ1) is 15.5. The molecular formula is C19H18N2O4. The number of para-hydroxylation sites is 1. The summed E-state index contributed by atoms with van der Waals surface area (Å²) in [4.78, 5) is 28.6. The fraction of sp³-hybridized carbons (Fsp3) is 0.263. The van der Waals surface area contributed by atoms with E-state index in [1.54, 1.807) is 15.9 Å². The van der Waals surface area contributed by atoms with Crippen LogP contribution in [0.4, 0.5) is 0 Å². The van der Waals surface area contributed by atoms with Crippen molar-refractivity contribution in [3.05, 3.63) is 59.6 Å². The number of fused-ring (bicyclic) bond motifs is 1. The topological polar surface area (TPSA) is 63.0 Å². The molecule has 0 radical (unpaired) electrons. The van der Waals surface area contributed by atoms with E-state index in [0.29, 0.717) is 37.3 Å². The first-order valence-corrected chi connectivity index (χ1v) is 8.25. The predicted octanol–water partition coefficient (Wildman–Crippen LogP) is 2.04. The van der Waals surface area contributed by atoms with Gasteiger partial charge in [-0.25, -0.2) is 0 Å². The van der Waals surface area contributed by atoms with Crippen LogP contribution in [0.5, 0.6) is 5.75 Å². The maximum absolute atomic E-state index is 12.7. The SMILES string of the molecule is O=C(C1=Cc2ccccc2OC1)N1CCN(C(=O)c2ccoc2)CC1. The molecule has 1 aromatic carbocycles. The highest BCUT2D eigenvalue weighted by atomic mass is 16.5. The standard InChI is InChI=1S/C19H18N2O4/c22-18(15-5-10-24-12-15)20-6-8-21(9-7-20)19(23)16-11-14-3-1-2-4-17(14)25-13-16/h1-5,10-12H,6-9,13H2. The molecule has 0 spiro atoms. The van der Waals surface area contributed by atoms with Crippen molar-refractivity contribution in [2.24, 2.45) is 0 Å². The molecule has 1 aromatic heterocycles. The van der Waals surface area contributed by atoms with Gasteiger partial charge < -0.3 is 19.0 Å². The van der Waals surface area contributed by atoms with Crippen LogP contribution in [0.2, 0.25) is 0 Å². The summed E-state index contributed by atoms with van der Waals surface area (Å²) in [5.41, 5.74) is 2.11. The molecule has 128 valence electrons. The van der Waals surface area contributed by atoms with E-state index in [2.05, 4.69) is 0 Å². The Morgan fingerprint density at radius 1 is 0.920 bits per heavy atom. The molecule has 0 unspecified atom stereocenters. The van der Waals surface area contributed by atoms with Gasteiger partial charge in [-0.15, -0.1) is 0 Å². The number of ether oxygens (including phenoxy) is 1. The molecule has 0 N–H and O–H groups in total. The molecule has 4 rings (SSSR count). The van der Waals surface area contributed by atoms with E-state index >= 15 is 0 Å². The summed E-state index contributed by atoms with van der Waals surface area (Å²) in [7, 11) is 0. The number of furan rings is 1. The lowest BCUT2D eigenvalue weighted by molar-refractivity contribution is -0.128.